The molecule has 4 bridgehead atoms. The molecule has 0 aromatic heterocycles. The van der Waals surface area contributed by atoms with Crippen molar-refractivity contribution >= 4 is 11.9 Å². The minimum absolute atomic E-state index is 0.0328. The van der Waals surface area contributed by atoms with E-state index in [0.29, 0.717) is 25.3 Å². The first-order chi connectivity index (χ1) is 23.1. The average molecular weight is 710 g/mol. The van der Waals surface area contributed by atoms with Crippen LogP contribution in [0.3, 0.4) is 0 Å². The van der Waals surface area contributed by atoms with Crippen molar-refractivity contribution in [1.29, 1.82) is 0 Å². The molecule has 13 nitrogen and oxygen atoms in total. The molecule has 3 saturated heterocycles. The van der Waals surface area contributed by atoms with Gasteiger partial charge in [-0.15, -0.1) is 0 Å². The first kappa shape index (κ1) is 36.9. The SMILES string of the molecule is CC[C@H](C)C(=O)O[C@H]1[C@H](O)[C@H]2[C@@H](CN3C[C@@H](C)CC[C@@H]3[C@@]2(C)O)[C@@H]2C[C@@]34O[C@@]5(O)[C@@H](C[C@@H](O)[C@H]3[C@@]21O)[C@]4(C)CC[C@H]5OC(=O)[C@@](C)(O)[C@@H](C)O. The van der Waals surface area contributed by atoms with Crippen LogP contribution in [0.5, 0.6) is 0 Å². The number of carbonyl (C=O) groups excluding carboxylic acids is 2. The Kier molecular flexibility index (Phi) is 8.52. The van der Waals surface area contributed by atoms with Gasteiger partial charge in [-0.3, -0.25) is 9.69 Å². The van der Waals surface area contributed by atoms with Crippen LogP contribution in [0.2, 0.25) is 0 Å². The Labute approximate surface area is 294 Å². The van der Waals surface area contributed by atoms with Gasteiger partial charge >= 0.3 is 11.9 Å². The molecule has 0 aromatic carbocycles. The molecule has 0 unspecified atom stereocenters. The van der Waals surface area contributed by atoms with Crippen molar-refractivity contribution in [3.05, 3.63) is 0 Å². The van der Waals surface area contributed by atoms with Crippen molar-refractivity contribution in [1.82, 2.24) is 4.90 Å². The second-order valence-electron chi connectivity index (χ2n) is 18.2. The molecule has 50 heavy (non-hydrogen) atoms. The summed E-state index contributed by atoms with van der Waals surface area (Å²) in [6.07, 6.45) is -4.15. The van der Waals surface area contributed by atoms with Crippen molar-refractivity contribution in [3.8, 4) is 0 Å². The maximum Gasteiger partial charge on any atom is 0.341 e. The molecular weight excluding hydrogens is 650 g/mol. The number of hydrogen-bond donors (Lipinski definition) is 7. The van der Waals surface area contributed by atoms with Gasteiger partial charge in [-0.2, -0.15) is 0 Å². The zero-order valence-corrected chi connectivity index (χ0v) is 30.5. The second-order valence-corrected chi connectivity index (χ2v) is 18.2. The number of carbonyl (C=O) groups is 2. The lowest BCUT2D eigenvalue weighted by Gasteiger charge is -2.64. The average Bonchev–Trinajstić information content (AvgIpc) is 3.31. The standard InChI is InChI=1S/C37H59NO12/c1-8-18(3)30(42)49-29-27(41)26-20(16-38-15-17(2)9-10-24(38)34(26,7)45)21-14-35-28(36(21,29)46)22(40)13-23-32(35,5)12-11-25(37(23,47)50-35)48-31(43)33(6,44)19(4)39/h17-29,39-41,44-47H,8-16H2,1-7H3/t17-,18-,19+,20-,21-,22+,23-,24+,25+,26+,27+,28+,29-,32-,33-,34+,35+,36-,37-/m0/s1. The number of rotatable bonds is 6. The molecule has 0 radical (unpaired) electrons. The van der Waals surface area contributed by atoms with E-state index in [4.69, 9.17) is 14.2 Å². The molecule has 7 fully saturated rings. The van der Waals surface area contributed by atoms with Crippen molar-refractivity contribution in [2.45, 2.75) is 158 Å². The lowest BCUT2D eigenvalue weighted by atomic mass is 9.49. The van der Waals surface area contributed by atoms with E-state index in [2.05, 4.69) is 11.8 Å². The van der Waals surface area contributed by atoms with Crippen molar-refractivity contribution in [2.24, 2.45) is 46.8 Å². The first-order valence-corrected chi connectivity index (χ1v) is 18.9. The van der Waals surface area contributed by atoms with Crippen LogP contribution >= 0.6 is 0 Å². The van der Waals surface area contributed by atoms with Crippen LogP contribution in [0, 0.1) is 46.8 Å². The summed E-state index contributed by atoms with van der Waals surface area (Å²) in [6.45, 7) is 13.1. The zero-order valence-electron chi connectivity index (χ0n) is 30.5. The summed E-state index contributed by atoms with van der Waals surface area (Å²) in [7, 11) is 0. The molecule has 1 spiro atoms. The third-order valence-corrected chi connectivity index (χ3v) is 15.5. The smallest absolute Gasteiger partial charge is 0.341 e. The fourth-order valence-electron chi connectivity index (χ4n) is 12.5. The summed E-state index contributed by atoms with van der Waals surface area (Å²) in [4.78, 5) is 28.9. The Hall–Kier alpha value is -1.42. The van der Waals surface area contributed by atoms with E-state index in [1.807, 2.05) is 13.8 Å². The summed E-state index contributed by atoms with van der Waals surface area (Å²) >= 11 is 0. The normalized spacial score (nSPS) is 54.6. The number of esters is 2. The highest BCUT2D eigenvalue weighted by molar-refractivity contribution is 5.79. The van der Waals surface area contributed by atoms with Crippen LogP contribution < -0.4 is 0 Å². The summed E-state index contributed by atoms with van der Waals surface area (Å²) < 4.78 is 18.7. The summed E-state index contributed by atoms with van der Waals surface area (Å²) in [5.41, 5.74) is -7.89. The van der Waals surface area contributed by atoms with Gasteiger partial charge in [-0.05, 0) is 83.5 Å². The van der Waals surface area contributed by atoms with Gasteiger partial charge in [0, 0.05) is 42.3 Å². The van der Waals surface area contributed by atoms with Crippen LogP contribution in [-0.2, 0) is 23.8 Å². The van der Waals surface area contributed by atoms with E-state index >= 15 is 0 Å². The molecule has 4 aliphatic carbocycles. The third kappa shape index (κ3) is 4.57. The van der Waals surface area contributed by atoms with Crippen LogP contribution in [0.25, 0.3) is 0 Å². The Morgan fingerprint density at radius 1 is 1.06 bits per heavy atom. The Morgan fingerprint density at radius 2 is 1.74 bits per heavy atom. The molecule has 3 heterocycles. The van der Waals surface area contributed by atoms with Crippen LogP contribution in [0.4, 0.5) is 0 Å². The second kappa shape index (κ2) is 11.5. The molecular formula is C37H59NO12. The van der Waals surface area contributed by atoms with Gasteiger partial charge < -0.3 is 50.0 Å². The third-order valence-electron chi connectivity index (χ3n) is 15.5. The van der Waals surface area contributed by atoms with E-state index in [1.165, 1.54) is 6.92 Å². The lowest BCUT2D eigenvalue weighted by Crippen LogP contribution is -2.77. The first-order valence-electron chi connectivity index (χ1n) is 18.9. The number of piperidine rings is 2. The topological polar surface area (TPSA) is 207 Å². The quantitative estimate of drug-likeness (QED) is 0.188. The fourth-order valence-corrected chi connectivity index (χ4v) is 12.5. The molecule has 13 heteroatoms. The summed E-state index contributed by atoms with van der Waals surface area (Å²) in [5.74, 6) is -7.78. The van der Waals surface area contributed by atoms with Crippen LogP contribution in [0.1, 0.15) is 93.4 Å². The lowest BCUT2D eigenvalue weighted by molar-refractivity contribution is -0.300. The van der Waals surface area contributed by atoms with Gasteiger partial charge in [0.2, 0.25) is 5.79 Å². The summed E-state index contributed by atoms with van der Waals surface area (Å²) in [6, 6.07) is -0.238. The number of aliphatic hydroxyl groups excluding tert-OH is 3. The fraction of sp³-hybridized carbons (Fsp3) is 0.946. The molecule has 4 saturated carbocycles. The van der Waals surface area contributed by atoms with Gasteiger partial charge in [-0.1, -0.05) is 27.7 Å². The minimum atomic E-state index is -2.25. The largest absolute Gasteiger partial charge is 0.456 e. The number of nitrogens with zero attached hydrogens (tertiary/aromatic N) is 1. The Balaban J connectivity index is 1.34. The predicted octanol–water partition coefficient (Wildman–Crippen LogP) is 0.466. The molecule has 0 aromatic rings. The minimum Gasteiger partial charge on any atom is -0.456 e. The molecule has 284 valence electrons. The van der Waals surface area contributed by atoms with Crippen molar-refractivity contribution in [3.63, 3.8) is 0 Å². The predicted molar refractivity (Wildman–Crippen MR) is 176 cm³/mol. The van der Waals surface area contributed by atoms with E-state index in [0.717, 1.165) is 26.3 Å². The Morgan fingerprint density at radius 3 is 2.38 bits per heavy atom. The van der Waals surface area contributed by atoms with Gasteiger partial charge in [0.1, 0.15) is 5.60 Å². The van der Waals surface area contributed by atoms with E-state index in [9.17, 15) is 45.3 Å². The maximum atomic E-state index is 13.5. The van der Waals surface area contributed by atoms with E-state index in [1.54, 1.807) is 13.8 Å². The van der Waals surface area contributed by atoms with Crippen molar-refractivity contribution < 1.29 is 59.5 Å². The van der Waals surface area contributed by atoms with E-state index < -0.39 is 112 Å². The molecule has 0 amide bonds. The highest BCUT2D eigenvalue weighted by Gasteiger charge is 2.87. The van der Waals surface area contributed by atoms with Gasteiger partial charge in [0.05, 0.1) is 35.4 Å². The monoisotopic (exact) mass is 709 g/mol. The van der Waals surface area contributed by atoms with Gasteiger partial charge in [0.15, 0.2) is 17.8 Å². The molecule has 3 aliphatic heterocycles. The molecule has 19 atom stereocenters. The van der Waals surface area contributed by atoms with Crippen LogP contribution in [0.15, 0.2) is 0 Å². The Bertz CT molecular complexity index is 1390. The van der Waals surface area contributed by atoms with Crippen LogP contribution in [-0.4, -0.2) is 130 Å². The number of fused-ring (bicyclic) bond motifs is 5. The van der Waals surface area contributed by atoms with Gasteiger partial charge in [0.25, 0.3) is 0 Å². The highest BCUT2D eigenvalue weighted by atomic mass is 16.7. The highest BCUT2D eigenvalue weighted by Crippen LogP contribution is 2.77. The van der Waals surface area contributed by atoms with E-state index in [-0.39, 0.29) is 25.3 Å². The molecule has 7 N–H and O–H groups in total. The molecule has 7 rings (SSSR count). The number of ether oxygens (including phenoxy) is 3. The summed E-state index contributed by atoms with van der Waals surface area (Å²) in [5, 5.41) is 83.5. The van der Waals surface area contributed by atoms with Crippen molar-refractivity contribution in [2.75, 3.05) is 13.1 Å². The number of hydrogen-bond acceptors (Lipinski definition) is 13. The number of aliphatic hydroxyl groups is 7. The van der Waals surface area contributed by atoms with Gasteiger partial charge in [-0.25, -0.2) is 4.79 Å². The zero-order chi connectivity index (χ0) is 36.7. The maximum absolute atomic E-state index is 13.5. The molecule has 7 aliphatic rings.